The molecule has 0 spiro atoms. The van der Waals surface area contributed by atoms with E-state index in [9.17, 15) is 4.79 Å². The molecule has 0 aromatic heterocycles. The van der Waals surface area contributed by atoms with Gasteiger partial charge in [0.25, 0.3) is 0 Å². The fourth-order valence-electron chi connectivity index (χ4n) is 0.683. The summed E-state index contributed by atoms with van der Waals surface area (Å²) in [5.74, 6) is 0.361. The standard InChI is InChI=1S/C5H2N4O.ClH/c10-5-6-1-3-4(9-5)8-2-7-3;/h1-2H;1H. The number of urea groups is 1. The molecular weight excluding hydrogens is 168 g/mol. The summed E-state index contributed by atoms with van der Waals surface area (Å²) < 4.78 is 0. The van der Waals surface area contributed by atoms with E-state index in [4.69, 9.17) is 0 Å². The van der Waals surface area contributed by atoms with Gasteiger partial charge in [-0.3, -0.25) is 0 Å². The van der Waals surface area contributed by atoms with Gasteiger partial charge in [-0.15, -0.1) is 12.4 Å². The highest BCUT2D eigenvalue weighted by Crippen LogP contribution is 1.99. The van der Waals surface area contributed by atoms with E-state index in [1.165, 1.54) is 12.6 Å². The predicted molar refractivity (Wildman–Crippen MR) is 44.5 cm³/mol. The summed E-state index contributed by atoms with van der Waals surface area (Å²) >= 11 is 0. The number of amides is 2. The van der Waals surface area contributed by atoms with Gasteiger partial charge >= 0.3 is 6.03 Å². The summed E-state index contributed by atoms with van der Waals surface area (Å²) in [6.07, 6.45) is 2.70. The van der Waals surface area contributed by atoms with Crippen LogP contribution in [0.1, 0.15) is 0 Å². The van der Waals surface area contributed by atoms with Gasteiger partial charge in [0.15, 0.2) is 5.84 Å². The largest absolute Gasteiger partial charge is 0.369 e. The number of fused-ring (bicyclic) bond motifs is 1. The lowest BCUT2D eigenvalue weighted by atomic mass is 10.3. The number of aliphatic imine (C=N–C) groups is 4. The van der Waals surface area contributed by atoms with Crippen molar-refractivity contribution in [3.63, 3.8) is 0 Å². The Morgan fingerprint density at radius 1 is 1.27 bits per heavy atom. The maximum absolute atomic E-state index is 10.5. The zero-order valence-electron chi connectivity index (χ0n) is 5.26. The number of carbonyl (C=O) groups is 1. The van der Waals surface area contributed by atoms with E-state index in [0.29, 0.717) is 11.5 Å². The first-order valence-corrected chi connectivity index (χ1v) is 2.64. The zero-order chi connectivity index (χ0) is 6.97. The maximum Gasteiger partial charge on any atom is 0.369 e. The van der Waals surface area contributed by atoms with Gasteiger partial charge < -0.3 is 0 Å². The summed E-state index contributed by atoms with van der Waals surface area (Å²) in [5, 5.41) is 0. The lowest BCUT2D eigenvalue weighted by Crippen LogP contribution is -2.16. The number of nitrogens with zero attached hydrogens (tertiary/aromatic N) is 4. The van der Waals surface area contributed by atoms with Crippen LogP contribution in [0, 0.1) is 0 Å². The molecule has 0 unspecified atom stereocenters. The van der Waals surface area contributed by atoms with Crippen LogP contribution < -0.4 is 0 Å². The van der Waals surface area contributed by atoms with Gasteiger partial charge in [0.2, 0.25) is 0 Å². The summed E-state index contributed by atoms with van der Waals surface area (Å²) in [6, 6.07) is -0.520. The first-order valence-electron chi connectivity index (χ1n) is 2.64. The van der Waals surface area contributed by atoms with Gasteiger partial charge in [-0.25, -0.2) is 14.8 Å². The van der Waals surface area contributed by atoms with Gasteiger partial charge in [-0.2, -0.15) is 9.98 Å². The molecular formula is C5H3ClN4O. The van der Waals surface area contributed by atoms with Crippen molar-refractivity contribution < 1.29 is 4.79 Å². The SMILES string of the molecule is Cl.O=C1N=CC2=NC=NC2=N1. The first-order chi connectivity index (χ1) is 4.86. The zero-order valence-corrected chi connectivity index (χ0v) is 6.08. The number of amidine groups is 1. The van der Waals surface area contributed by atoms with Crippen molar-refractivity contribution in [1.82, 2.24) is 0 Å². The molecule has 0 saturated heterocycles. The Hall–Kier alpha value is -1.36. The maximum atomic E-state index is 10.5. The van der Waals surface area contributed by atoms with Gasteiger partial charge in [-0.05, 0) is 0 Å². The van der Waals surface area contributed by atoms with Gasteiger partial charge in [0, 0.05) is 0 Å². The molecule has 2 rings (SSSR count). The molecule has 2 aliphatic heterocycles. The second kappa shape index (κ2) is 2.71. The third-order valence-corrected chi connectivity index (χ3v) is 1.10. The van der Waals surface area contributed by atoms with Crippen LogP contribution in [0.15, 0.2) is 20.0 Å². The normalized spacial score (nSPS) is 18.7. The average Bonchev–Trinajstić information content (AvgIpc) is 2.33. The molecule has 0 atom stereocenters. The summed E-state index contributed by atoms with van der Waals surface area (Å²) in [4.78, 5) is 24.9. The summed E-state index contributed by atoms with van der Waals surface area (Å²) in [6.45, 7) is 0. The molecule has 2 aliphatic rings. The van der Waals surface area contributed by atoms with Crippen LogP contribution in [0.2, 0.25) is 0 Å². The highest BCUT2D eigenvalue weighted by molar-refractivity contribution is 6.67. The number of halogens is 1. The number of hydrogen-bond acceptors (Lipinski definition) is 3. The smallest absolute Gasteiger partial charge is 0.244 e. The molecule has 56 valence electrons. The molecule has 0 aromatic rings. The Morgan fingerprint density at radius 2 is 2.09 bits per heavy atom. The number of carbonyl (C=O) groups excluding carboxylic acids is 1. The predicted octanol–water partition coefficient (Wildman–Crippen LogP) is 0.494. The topological polar surface area (TPSA) is 66.5 Å². The molecule has 0 radical (unpaired) electrons. The third kappa shape index (κ3) is 1.22. The molecule has 0 aliphatic carbocycles. The first kappa shape index (κ1) is 7.74. The molecule has 2 amide bonds. The average molecular weight is 171 g/mol. The molecule has 5 nitrogen and oxygen atoms in total. The fourth-order valence-corrected chi connectivity index (χ4v) is 0.683. The van der Waals surface area contributed by atoms with Crippen LogP contribution in [0.5, 0.6) is 0 Å². The van der Waals surface area contributed by atoms with Crippen LogP contribution in [-0.2, 0) is 0 Å². The van der Waals surface area contributed by atoms with E-state index in [1.54, 1.807) is 0 Å². The van der Waals surface area contributed by atoms with E-state index in [1.807, 2.05) is 0 Å². The van der Waals surface area contributed by atoms with Gasteiger partial charge in [0.05, 0.1) is 6.21 Å². The van der Waals surface area contributed by atoms with Gasteiger partial charge in [0.1, 0.15) is 12.1 Å². The van der Waals surface area contributed by atoms with Crippen molar-refractivity contribution in [2.45, 2.75) is 0 Å². The molecule has 0 saturated carbocycles. The second-order valence-electron chi connectivity index (χ2n) is 1.74. The summed E-state index contributed by atoms with van der Waals surface area (Å²) in [5.41, 5.74) is 0.555. The quantitative estimate of drug-likeness (QED) is 0.522. The minimum Gasteiger partial charge on any atom is -0.244 e. The van der Waals surface area contributed by atoms with Crippen molar-refractivity contribution >= 4 is 42.5 Å². The third-order valence-electron chi connectivity index (χ3n) is 1.10. The molecule has 2 heterocycles. The molecule has 6 heteroatoms. The lowest BCUT2D eigenvalue weighted by Gasteiger charge is -1.95. The Morgan fingerprint density at radius 3 is 2.91 bits per heavy atom. The van der Waals surface area contributed by atoms with Crippen molar-refractivity contribution in [3.05, 3.63) is 0 Å². The van der Waals surface area contributed by atoms with Crippen LogP contribution in [0.4, 0.5) is 4.79 Å². The second-order valence-corrected chi connectivity index (χ2v) is 1.74. The van der Waals surface area contributed by atoms with E-state index in [-0.39, 0.29) is 12.4 Å². The van der Waals surface area contributed by atoms with E-state index in [0.717, 1.165) is 0 Å². The fraction of sp³-hybridized carbons (Fsp3) is 0. The summed E-state index contributed by atoms with van der Waals surface area (Å²) in [7, 11) is 0. The van der Waals surface area contributed by atoms with Crippen LogP contribution in [0.25, 0.3) is 0 Å². The van der Waals surface area contributed by atoms with Crippen molar-refractivity contribution in [3.8, 4) is 0 Å². The Labute approximate surface area is 68.1 Å². The lowest BCUT2D eigenvalue weighted by molar-refractivity contribution is 0.257. The van der Waals surface area contributed by atoms with E-state index < -0.39 is 6.03 Å². The van der Waals surface area contributed by atoms with Crippen molar-refractivity contribution in [2.24, 2.45) is 20.0 Å². The Kier molecular flexibility index (Phi) is 1.91. The van der Waals surface area contributed by atoms with Crippen molar-refractivity contribution in [1.29, 1.82) is 0 Å². The van der Waals surface area contributed by atoms with Gasteiger partial charge in [-0.1, -0.05) is 0 Å². The number of hydrogen-bond donors (Lipinski definition) is 0. The minimum absolute atomic E-state index is 0. The molecule has 0 N–H and O–H groups in total. The van der Waals surface area contributed by atoms with E-state index in [2.05, 4.69) is 20.0 Å². The van der Waals surface area contributed by atoms with Crippen molar-refractivity contribution in [2.75, 3.05) is 0 Å². The van der Waals surface area contributed by atoms with Crippen LogP contribution in [0.3, 0.4) is 0 Å². The molecule has 0 aromatic carbocycles. The highest BCUT2D eigenvalue weighted by atomic mass is 35.5. The van der Waals surface area contributed by atoms with Crippen LogP contribution >= 0.6 is 12.4 Å². The minimum atomic E-state index is -0.520. The van der Waals surface area contributed by atoms with E-state index >= 15 is 0 Å². The Balaban J connectivity index is 0.000000605. The monoisotopic (exact) mass is 170 g/mol. The Bertz CT molecular complexity index is 314. The molecule has 0 bridgehead atoms. The molecule has 11 heavy (non-hydrogen) atoms. The number of rotatable bonds is 0. The highest BCUT2D eigenvalue weighted by Gasteiger charge is 2.15. The molecule has 0 fully saturated rings. The van der Waals surface area contributed by atoms with Crippen LogP contribution in [-0.4, -0.2) is 30.1 Å².